The fourth-order valence-electron chi connectivity index (χ4n) is 1.61. The molecule has 0 aliphatic rings. The number of furan rings is 1. The molecule has 1 aromatic carbocycles. The Bertz CT molecular complexity index is 490. The maximum Gasteiger partial charge on any atom is 0.134 e. The number of rotatable bonds is 2. The maximum absolute atomic E-state index is 8.77. The highest BCUT2D eigenvalue weighted by atomic mass is 16.3. The van der Waals surface area contributed by atoms with Crippen LogP contribution in [0.4, 0.5) is 0 Å². The molecule has 70 valence electrons. The Morgan fingerprint density at radius 3 is 3.00 bits per heavy atom. The van der Waals surface area contributed by atoms with Crippen molar-refractivity contribution in [2.24, 2.45) is 0 Å². The lowest BCUT2D eigenvalue weighted by molar-refractivity contribution is 0.609. The van der Waals surface area contributed by atoms with E-state index >= 15 is 0 Å². The summed E-state index contributed by atoms with van der Waals surface area (Å²) in [4.78, 5) is 0. The predicted molar refractivity (Wildman–Crippen MR) is 54.9 cm³/mol. The highest BCUT2D eigenvalue weighted by Crippen LogP contribution is 2.23. The molecule has 2 nitrogen and oxygen atoms in total. The van der Waals surface area contributed by atoms with Gasteiger partial charge in [-0.05, 0) is 30.2 Å². The third kappa shape index (κ3) is 1.38. The van der Waals surface area contributed by atoms with Crippen molar-refractivity contribution in [1.82, 2.24) is 0 Å². The van der Waals surface area contributed by atoms with E-state index in [9.17, 15) is 0 Å². The van der Waals surface area contributed by atoms with Crippen molar-refractivity contribution in [3.8, 4) is 6.07 Å². The average Bonchev–Trinajstić information content (AvgIpc) is 2.61. The molecule has 0 unspecified atom stereocenters. The molecule has 1 heterocycles. The van der Waals surface area contributed by atoms with Gasteiger partial charge in [0.2, 0.25) is 0 Å². The number of hydrogen-bond acceptors (Lipinski definition) is 2. The number of aryl methyl sites for hydroxylation is 1. The number of nitrogens with zero attached hydrogens (tertiary/aromatic N) is 1. The third-order valence-corrected chi connectivity index (χ3v) is 2.30. The zero-order valence-corrected chi connectivity index (χ0v) is 8.08. The van der Waals surface area contributed by atoms with Gasteiger partial charge in [-0.25, -0.2) is 0 Å². The van der Waals surface area contributed by atoms with Crippen LogP contribution in [0, 0.1) is 11.3 Å². The van der Waals surface area contributed by atoms with Gasteiger partial charge in [-0.2, -0.15) is 5.26 Å². The molecule has 0 spiro atoms. The summed E-state index contributed by atoms with van der Waals surface area (Å²) in [6, 6.07) is 7.66. The molecule has 0 fully saturated rings. The molecule has 0 saturated heterocycles. The molecule has 1 aromatic heterocycles. The summed E-state index contributed by atoms with van der Waals surface area (Å²) in [6.07, 6.45) is 3.88. The van der Waals surface area contributed by atoms with Crippen LogP contribution in [0.25, 0.3) is 11.0 Å². The van der Waals surface area contributed by atoms with Crippen LogP contribution in [0.3, 0.4) is 0 Å². The van der Waals surface area contributed by atoms with E-state index in [4.69, 9.17) is 9.68 Å². The molecule has 14 heavy (non-hydrogen) atoms. The lowest BCUT2D eigenvalue weighted by Gasteiger charge is -1.94. The molecule has 2 rings (SSSR count). The van der Waals surface area contributed by atoms with Gasteiger partial charge >= 0.3 is 0 Å². The zero-order valence-electron chi connectivity index (χ0n) is 8.08. The molecule has 0 aliphatic carbocycles. The van der Waals surface area contributed by atoms with E-state index in [1.807, 2.05) is 12.1 Å². The van der Waals surface area contributed by atoms with E-state index < -0.39 is 0 Å². The predicted octanol–water partition coefficient (Wildman–Crippen LogP) is 3.26. The van der Waals surface area contributed by atoms with Crippen LogP contribution in [-0.2, 0) is 6.42 Å². The quantitative estimate of drug-likeness (QED) is 0.720. The van der Waals surface area contributed by atoms with E-state index in [0.717, 1.165) is 23.8 Å². The fourth-order valence-corrected chi connectivity index (χ4v) is 1.61. The van der Waals surface area contributed by atoms with Crippen LogP contribution >= 0.6 is 0 Å². The molecule has 0 aliphatic heterocycles. The van der Waals surface area contributed by atoms with Crippen LogP contribution in [0.5, 0.6) is 0 Å². The van der Waals surface area contributed by atoms with E-state index in [1.54, 1.807) is 12.3 Å². The van der Waals surface area contributed by atoms with Gasteiger partial charge in [-0.15, -0.1) is 0 Å². The molecule has 0 amide bonds. The summed E-state index contributed by atoms with van der Waals surface area (Å²) < 4.78 is 5.39. The standard InChI is InChI=1S/C12H11NO/c1-2-3-10-8-14-12-5-4-9(7-13)6-11(10)12/h4-6,8H,2-3H2,1H3. The number of hydrogen-bond donors (Lipinski definition) is 0. The van der Waals surface area contributed by atoms with Gasteiger partial charge in [-0.1, -0.05) is 13.3 Å². The van der Waals surface area contributed by atoms with Crippen molar-refractivity contribution >= 4 is 11.0 Å². The van der Waals surface area contributed by atoms with Crippen LogP contribution in [-0.4, -0.2) is 0 Å². The first-order chi connectivity index (χ1) is 6.85. The Kier molecular flexibility index (Phi) is 2.24. The highest BCUT2D eigenvalue weighted by Gasteiger charge is 2.05. The Labute approximate surface area is 82.8 Å². The lowest BCUT2D eigenvalue weighted by Crippen LogP contribution is -1.80. The van der Waals surface area contributed by atoms with Crippen LogP contribution in [0.1, 0.15) is 24.5 Å². The minimum Gasteiger partial charge on any atom is -0.464 e. The number of fused-ring (bicyclic) bond motifs is 1. The van der Waals surface area contributed by atoms with Crippen molar-refractivity contribution in [3.63, 3.8) is 0 Å². The summed E-state index contributed by atoms with van der Waals surface area (Å²) in [5.74, 6) is 0. The smallest absolute Gasteiger partial charge is 0.134 e. The molecule has 0 N–H and O–H groups in total. The molecular weight excluding hydrogens is 174 g/mol. The summed E-state index contributed by atoms with van der Waals surface area (Å²) in [6.45, 7) is 2.13. The largest absolute Gasteiger partial charge is 0.464 e. The Morgan fingerprint density at radius 2 is 2.29 bits per heavy atom. The zero-order chi connectivity index (χ0) is 9.97. The summed E-state index contributed by atoms with van der Waals surface area (Å²) >= 11 is 0. The molecule has 0 saturated carbocycles. The maximum atomic E-state index is 8.77. The van der Waals surface area contributed by atoms with Crippen LogP contribution < -0.4 is 0 Å². The van der Waals surface area contributed by atoms with Gasteiger partial charge < -0.3 is 4.42 Å². The van der Waals surface area contributed by atoms with Gasteiger partial charge in [0.05, 0.1) is 17.9 Å². The number of nitriles is 1. The van der Waals surface area contributed by atoms with E-state index in [2.05, 4.69) is 13.0 Å². The van der Waals surface area contributed by atoms with Crippen LogP contribution in [0.15, 0.2) is 28.9 Å². The lowest BCUT2D eigenvalue weighted by atomic mass is 10.1. The van der Waals surface area contributed by atoms with Crippen molar-refractivity contribution in [2.75, 3.05) is 0 Å². The molecular formula is C12H11NO. The summed E-state index contributed by atoms with van der Waals surface area (Å²) in [5, 5.41) is 9.85. The van der Waals surface area contributed by atoms with Gasteiger partial charge in [0.15, 0.2) is 0 Å². The van der Waals surface area contributed by atoms with Crippen molar-refractivity contribution in [3.05, 3.63) is 35.6 Å². The second kappa shape index (κ2) is 3.55. The van der Waals surface area contributed by atoms with Gasteiger partial charge in [0, 0.05) is 5.39 Å². The Balaban J connectivity index is 2.59. The minimum absolute atomic E-state index is 0.691. The van der Waals surface area contributed by atoms with Gasteiger partial charge in [-0.3, -0.25) is 0 Å². The summed E-state index contributed by atoms with van der Waals surface area (Å²) in [5.41, 5.74) is 2.75. The van der Waals surface area contributed by atoms with E-state index in [1.165, 1.54) is 5.56 Å². The minimum atomic E-state index is 0.691. The normalized spacial score (nSPS) is 10.3. The molecule has 0 bridgehead atoms. The first-order valence-electron chi connectivity index (χ1n) is 4.75. The van der Waals surface area contributed by atoms with E-state index in [-0.39, 0.29) is 0 Å². The monoisotopic (exact) mass is 185 g/mol. The van der Waals surface area contributed by atoms with Gasteiger partial charge in [0.1, 0.15) is 5.58 Å². The van der Waals surface area contributed by atoms with E-state index in [0.29, 0.717) is 5.56 Å². The second-order valence-electron chi connectivity index (χ2n) is 3.33. The Hall–Kier alpha value is -1.75. The molecule has 0 radical (unpaired) electrons. The fraction of sp³-hybridized carbons (Fsp3) is 0.250. The van der Waals surface area contributed by atoms with Crippen molar-refractivity contribution < 1.29 is 4.42 Å². The molecule has 2 aromatic rings. The number of benzene rings is 1. The first-order valence-corrected chi connectivity index (χ1v) is 4.75. The SMILES string of the molecule is CCCc1coc2ccc(C#N)cc12. The molecule has 0 atom stereocenters. The molecule has 2 heteroatoms. The summed E-state index contributed by atoms with van der Waals surface area (Å²) in [7, 11) is 0. The third-order valence-electron chi connectivity index (χ3n) is 2.30. The van der Waals surface area contributed by atoms with Crippen molar-refractivity contribution in [2.45, 2.75) is 19.8 Å². The first kappa shape index (κ1) is 8.83. The topological polar surface area (TPSA) is 36.9 Å². The van der Waals surface area contributed by atoms with Crippen molar-refractivity contribution in [1.29, 1.82) is 5.26 Å². The highest BCUT2D eigenvalue weighted by molar-refractivity contribution is 5.82. The van der Waals surface area contributed by atoms with Crippen LogP contribution in [0.2, 0.25) is 0 Å². The average molecular weight is 185 g/mol. The Morgan fingerprint density at radius 1 is 1.43 bits per heavy atom. The van der Waals surface area contributed by atoms with Gasteiger partial charge in [0.25, 0.3) is 0 Å². The second-order valence-corrected chi connectivity index (χ2v) is 3.33.